The Morgan fingerprint density at radius 2 is 1.69 bits per heavy atom. The van der Waals surface area contributed by atoms with Crippen LogP contribution >= 0.6 is 11.6 Å². The molecule has 7 aliphatic rings. The quantitative estimate of drug-likeness (QED) is 0.104. The molecule has 5 atom stereocenters. The number of pyridine rings is 1. The molecule has 9 heterocycles. The fourth-order valence-electron chi connectivity index (χ4n) is 12.8. The molecule has 16 nitrogen and oxygen atoms in total. The molecule has 6 fully saturated rings. The van der Waals surface area contributed by atoms with Gasteiger partial charge in [0.05, 0.1) is 33.9 Å². The number of aromatic hydroxyl groups is 1. The number of imide groups is 1. The first-order valence-electron chi connectivity index (χ1n) is 26.1. The van der Waals surface area contributed by atoms with Gasteiger partial charge in [-0.2, -0.15) is 9.97 Å². The van der Waals surface area contributed by atoms with Gasteiger partial charge in [-0.25, -0.2) is 8.78 Å². The zero-order valence-corrected chi connectivity index (χ0v) is 42.1. The SMILES string of the molecule is C#Cc1c(F)ccc2cc(O)cc(-c3ncc4c(N5CC6CCC(C5)N6)nc(OC[C@@H]5C[C@@H](OC6CCN(CC7CCN(c8ccc9c(c8Cl)CN(C8CCC(=O)NC8=O)C9=O)CC7)CC6)CN5C)nc4c3F)c12. The van der Waals surface area contributed by atoms with Crippen LogP contribution in [0, 0.1) is 29.9 Å². The summed E-state index contributed by atoms with van der Waals surface area (Å²) < 4.78 is 45.4. The topological polar surface area (TPSA) is 169 Å². The van der Waals surface area contributed by atoms with Crippen LogP contribution in [0.1, 0.15) is 79.3 Å². The Labute approximate surface area is 432 Å². The highest BCUT2D eigenvalue weighted by molar-refractivity contribution is 6.35. The molecule has 3 aromatic carbocycles. The molecule has 2 bridgehead atoms. The van der Waals surface area contributed by atoms with Crippen molar-refractivity contribution in [3.8, 4) is 35.4 Å². The predicted octanol–water partition coefficient (Wildman–Crippen LogP) is 6.01. The molecule has 386 valence electrons. The zero-order chi connectivity index (χ0) is 50.9. The number of fused-ring (bicyclic) bond motifs is 5. The largest absolute Gasteiger partial charge is 0.508 e. The smallest absolute Gasteiger partial charge is 0.319 e. The summed E-state index contributed by atoms with van der Waals surface area (Å²) in [7, 11) is 2.07. The number of nitrogens with one attached hydrogen (secondary N) is 2. The van der Waals surface area contributed by atoms with Crippen molar-refractivity contribution in [2.24, 2.45) is 5.92 Å². The Morgan fingerprint density at radius 3 is 2.45 bits per heavy atom. The number of terminal acetylenes is 1. The van der Waals surface area contributed by atoms with Gasteiger partial charge in [0, 0.05) is 112 Å². The van der Waals surface area contributed by atoms with Crippen LogP contribution in [0.2, 0.25) is 5.02 Å². The molecule has 12 rings (SSSR count). The minimum atomic E-state index is -0.753. The number of piperidine rings is 3. The second-order valence-electron chi connectivity index (χ2n) is 21.4. The molecule has 0 saturated carbocycles. The van der Waals surface area contributed by atoms with Crippen molar-refractivity contribution < 1.29 is 37.7 Å². The van der Waals surface area contributed by atoms with Gasteiger partial charge in [0.25, 0.3) is 5.91 Å². The lowest BCUT2D eigenvalue weighted by molar-refractivity contribution is -0.136. The molecule has 2 aromatic heterocycles. The number of rotatable bonds is 11. The van der Waals surface area contributed by atoms with Gasteiger partial charge in [-0.05, 0) is 100 Å². The third kappa shape index (κ3) is 9.14. The number of halogens is 3. The molecule has 0 aliphatic carbocycles. The molecule has 74 heavy (non-hydrogen) atoms. The summed E-state index contributed by atoms with van der Waals surface area (Å²) in [4.78, 5) is 62.6. The lowest BCUT2D eigenvalue weighted by Crippen LogP contribution is -2.52. The second-order valence-corrected chi connectivity index (χ2v) is 21.7. The van der Waals surface area contributed by atoms with E-state index in [0.717, 1.165) is 95.5 Å². The minimum Gasteiger partial charge on any atom is -0.508 e. The van der Waals surface area contributed by atoms with Gasteiger partial charge >= 0.3 is 6.01 Å². The van der Waals surface area contributed by atoms with Crippen LogP contribution in [0.15, 0.2) is 42.6 Å². The van der Waals surface area contributed by atoms with Crippen molar-refractivity contribution in [3.63, 3.8) is 0 Å². The molecule has 0 spiro atoms. The lowest BCUT2D eigenvalue weighted by atomic mass is 9.94. The van der Waals surface area contributed by atoms with E-state index in [1.165, 1.54) is 24.3 Å². The number of likely N-dealkylation sites (tertiary alicyclic amines) is 2. The molecular formula is C55H59ClF2N10O6. The maximum absolute atomic E-state index is 17.1. The summed E-state index contributed by atoms with van der Waals surface area (Å²) in [6.07, 6.45) is 14.9. The summed E-state index contributed by atoms with van der Waals surface area (Å²) in [5.74, 6) is 1.00. The highest BCUT2D eigenvalue weighted by atomic mass is 35.5. The molecule has 19 heteroatoms. The van der Waals surface area contributed by atoms with Gasteiger partial charge in [-0.15, -0.1) is 6.42 Å². The van der Waals surface area contributed by atoms with E-state index in [1.807, 2.05) is 12.1 Å². The van der Waals surface area contributed by atoms with Gasteiger partial charge < -0.3 is 39.5 Å². The monoisotopic (exact) mass is 1030 g/mol. The first-order chi connectivity index (χ1) is 35.8. The maximum Gasteiger partial charge on any atom is 0.319 e. The second kappa shape index (κ2) is 19.8. The van der Waals surface area contributed by atoms with Crippen LogP contribution in [-0.4, -0.2) is 155 Å². The number of nitrogens with zero attached hydrogens (tertiary/aromatic N) is 8. The van der Waals surface area contributed by atoms with Crippen LogP contribution in [0.3, 0.4) is 0 Å². The molecule has 3 N–H and O–H groups in total. The van der Waals surface area contributed by atoms with E-state index in [9.17, 15) is 19.5 Å². The Kier molecular flexibility index (Phi) is 13.0. The molecule has 3 unspecified atom stereocenters. The summed E-state index contributed by atoms with van der Waals surface area (Å²) in [6.45, 7) is 7.37. The molecular weight excluding hydrogens is 970 g/mol. The first-order valence-corrected chi connectivity index (χ1v) is 26.4. The van der Waals surface area contributed by atoms with E-state index < -0.39 is 23.6 Å². The fourth-order valence-corrected chi connectivity index (χ4v) is 13.1. The van der Waals surface area contributed by atoms with Crippen LogP contribution in [0.25, 0.3) is 32.9 Å². The molecule has 0 radical (unpaired) electrons. The van der Waals surface area contributed by atoms with E-state index in [1.54, 1.807) is 11.1 Å². The molecule has 7 aliphatic heterocycles. The van der Waals surface area contributed by atoms with Gasteiger partial charge in [-0.3, -0.25) is 29.6 Å². The fraction of sp³-hybridized carbons (Fsp3) is 0.491. The van der Waals surface area contributed by atoms with Crippen LogP contribution in [0.5, 0.6) is 11.8 Å². The number of phenols is 1. The Bertz CT molecular complexity index is 3110. The summed E-state index contributed by atoms with van der Waals surface area (Å²) in [6, 6.07) is 9.23. The third-order valence-corrected chi connectivity index (χ3v) is 17.1. The van der Waals surface area contributed by atoms with E-state index in [0.29, 0.717) is 52.6 Å². The number of phenolic OH excluding ortho intramolecular Hbond substituents is 1. The van der Waals surface area contributed by atoms with E-state index in [2.05, 4.69) is 53.2 Å². The van der Waals surface area contributed by atoms with E-state index in [4.69, 9.17) is 32.5 Å². The number of anilines is 2. The van der Waals surface area contributed by atoms with Gasteiger partial charge in [0.1, 0.15) is 41.2 Å². The summed E-state index contributed by atoms with van der Waals surface area (Å²) >= 11 is 7.01. The number of carbonyl (C=O) groups is 3. The molecule has 5 aromatic rings. The molecule has 3 amide bonds. The number of carbonyl (C=O) groups excluding carboxylic acids is 3. The van der Waals surface area contributed by atoms with Gasteiger partial charge in [0.15, 0.2) is 5.82 Å². The van der Waals surface area contributed by atoms with Gasteiger partial charge in [-0.1, -0.05) is 23.6 Å². The van der Waals surface area contributed by atoms with E-state index >= 15 is 8.78 Å². The van der Waals surface area contributed by atoms with Crippen molar-refractivity contribution in [2.75, 3.05) is 75.8 Å². The number of ether oxygens (including phenoxy) is 2. The lowest BCUT2D eigenvalue weighted by Gasteiger charge is -2.39. The maximum atomic E-state index is 17.1. The van der Waals surface area contributed by atoms with Crippen LogP contribution < -0.4 is 25.2 Å². The number of likely N-dealkylation sites (N-methyl/N-ethyl adjacent to an activating group) is 1. The average Bonchev–Trinajstić information content (AvgIpc) is 4.05. The van der Waals surface area contributed by atoms with Crippen LogP contribution in [0.4, 0.5) is 20.3 Å². The van der Waals surface area contributed by atoms with Crippen molar-refractivity contribution in [1.82, 2.24) is 40.3 Å². The van der Waals surface area contributed by atoms with Crippen molar-refractivity contribution in [2.45, 2.75) is 101 Å². The Morgan fingerprint density at radius 1 is 0.905 bits per heavy atom. The number of hydrogen-bond donors (Lipinski definition) is 3. The number of piperazine rings is 1. The van der Waals surface area contributed by atoms with E-state index in [-0.39, 0.29) is 101 Å². The van der Waals surface area contributed by atoms with Crippen molar-refractivity contribution >= 4 is 62.5 Å². The number of amides is 3. The summed E-state index contributed by atoms with van der Waals surface area (Å²) in [5, 5.41) is 18.4. The first kappa shape index (κ1) is 48.7. The normalized spacial score (nSPS) is 25.1. The Balaban J connectivity index is 0.660. The number of aromatic nitrogens is 3. The number of hydrogen-bond acceptors (Lipinski definition) is 14. The van der Waals surface area contributed by atoms with Gasteiger partial charge in [0.2, 0.25) is 11.8 Å². The molecule has 6 saturated heterocycles. The minimum absolute atomic E-state index is 0.0103. The predicted molar refractivity (Wildman–Crippen MR) is 275 cm³/mol. The van der Waals surface area contributed by atoms with Crippen LogP contribution in [-0.2, 0) is 20.9 Å². The average molecular weight is 1030 g/mol. The van der Waals surface area contributed by atoms with Crippen molar-refractivity contribution in [3.05, 3.63) is 75.9 Å². The van der Waals surface area contributed by atoms with Crippen molar-refractivity contribution in [1.29, 1.82) is 0 Å². The number of benzene rings is 3. The zero-order valence-electron chi connectivity index (χ0n) is 41.3. The highest BCUT2D eigenvalue weighted by Crippen LogP contribution is 2.42. The highest BCUT2D eigenvalue weighted by Gasteiger charge is 2.41. The Hall–Kier alpha value is -6.23. The summed E-state index contributed by atoms with van der Waals surface area (Å²) in [5.41, 5.74) is 2.18. The third-order valence-electron chi connectivity index (χ3n) is 16.7. The standard InChI is InChI=1S/C55H59ClF2N10O6/c1-3-38-43(57)8-4-31-20-35(69)22-40(47(31)38)50-49(58)51-41(23-59-50)52(67-25-32-5-6-33(26-67)60-32)63-55(62-51)73-29-34-21-37(27-64(34)2)74-36-14-16-65(17-15-36)24-30-12-18-66(19-13-30)44-9-7-39-42(48(44)56)28-68(54(39)72)45-10-11-46(70)61-53(45)71/h1,4,7-9,20,22-23,30,32-34,36-37,45,60,69H,5-6,10-19,21,24-29H2,2H3,(H,61,70,71)/t32?,33?,34-,37+,45?/m0/s1.